The molecule has 2 rings (SSSR count). The van der Waals surface area contributed by atoms with Gasteiger partial charge in [0.2, 0.25) is 5.91 Å². The molecule has 0 spiro atoms. The molecule has 2 aliphatic heterocycles. The van der Waals surface area contributed by atoms with Gasteiger partial charge in [0.15, 0.2) is 0 Å². The van der Waals surface area contributed by atoms with Gasteiger partial charge in [-0.05, 0) is 54.4 Å². The molecular weight excluding hydrogens is 420 g/mol. The van der Waals surface area contributed by atoms with Gasteiger partial charge in [-0.1, -0.05) is 13.8 Å². The Labute approximate surface area is 189 Å². The summed E-state index contributed by atoms with van der Waals surface area (Å²) in [6.07, 6.45) is 0.387. The summed E-state index contributed by atoms with van der Waals surface area (Å²) in [6.45, 7) is 14.5. The summed E-state index contributed by atoms with van der Waals surface area (Å²) in [5, 5.41) is 9.07. The molecule has 3 N–H and O–H groups in total. The lowest BCUT2D eigenvalue weighted by Gasteiger charge is -2.44. The number of hydrogen-bond acceptors (Lipinski definition) is 7. The standard InChI is InChI=1S/C11H20N2O4.C10H18N2O3/c1-6-7-8(9(14)13(7)16-5)12-10(15)17-11(2,3)4;1-5-6-7(8(13)11-6)12-9(14)15-10(2,3)4/h7-8H,6H2,1-5H3,(H,12,15);6-7H,5H2,1-4H3,(H,11,13)(H,12,14)/t7-,8-;6-,7-/m00/s1. The fourth-order valence-corrected chi connectivity index (χ4v) is 3.12. The van der Waals surface area contributed by atoms with E-state index in [0.717, 1.165) is 6.42 Å². The average Bonchev–Trinajstić information content (AvgIpc) is 2.63. The fourth-order valence-electron chi connectivity index (χ4n) is 3.12. The van der Waals surface area contributed by atoms with Gasteiger partial charge >= 0.3 is 12.2 Å². The van der Waals surface area contributed by atoms with Crippen molar-refractivity contribution in [2.45, 2.75) is 104 Å². The molecule has 2 aliphatic rings. The van der Waals surface area contributed by atoms with Gasteiger partial charge in [-0.25, -0.2) is 14.7 Å². The van der Waals surface area contributed by atoms with Crippen LogP contribution in [0.15, 0.2) is 0 Å². The Hall–Kier alpha value is -2.56. The van der Waals surface area contributed by atoms with Crippen LogP contribution in [0.25, 0.3) is 0 Å². The average molecular weight is 459 g/mol. The number of nitrogens with one attached hydrogen (secondary N) is 3. The number of carbonyl (C=O) groups is 4. The van der Waals surface area contributed by atoms with Crippen LogP contribution in [0.2, 0.25) is 0 Å². The minimum absolute atomic E-state index is 0.0324. The van der Waals surface area contributed by atoms with Gasteiger partial charge in [-0.3, -0.25) is 14.4 Å². The van der Waals surface area contributed by atoms with Crippen LogP contribution >= 0.6 is 0 Å². The molecule has 0 aromatic rings. The number of rotatable bonds is 5. The van der Waals surface area contributed by atoms with E-state index >= 15 is 0 Å². The number of hydroxylamine groups is 2. The van der Waals surface area contributed by atoms with Crippen molar-refractivity contribution in [2.24, 2.45) is 0 Å². The number of hydrogen-bond donors (Lipinski definition) is 3. The maximum atomic E-state index is 11.6. The molecule has 4 atom stereocenters. The van der Waals surface area contributed by atoms with E-state index in [4.69, 9.17) is 14.3 Å². The van der Waals surface area contributed by atoms with E-state index in [9.17, 15) is 19.2 Å². The van der Waals surface area contributed by atoms with Gasteiger partial charge in [0.25, 0.3) is 5.91 Å². The third kappa shape index (κ3) is 7.85. The SMILES string of the molecule is CC[C@@H]1NC(=O)[C@H]1NC(=O)OC(C)(C)C.CC[C@H]1[C@H](NC(=O)OC(C)(C)C)C(=O)N1OC. The Morgan fingerprint density at radius 3 is 1.72 bits per heavy atom. The first-order chi connectivity index (χ1) is 14.6. The second kappa shape index (κ2) is 10.8. The lowest BCUT2D eigenvalue weighted by atomic mass is 9.96. The van der Waals surface area contributed by atoms with E-state index in [2.05, 4.69) is 16.0 Å². The topological polar surface area (TPSA) is 135 Å². The van der Waals surface area contributed by atoms with Crippen molar-refractivity contribution in [3.63, 3.8) is 0 Å². The molecule has 0 radical (unpaired) electrons. The number of amides is 4. The molecule has 184 valence electrons. The van der Waals surface area contributed by atoms with E-state index in [0.29, 0.717) is 6.42 Å². The minimum Gasteiger partial charge on any atom is -0.444 e. The summed E-state index contributed by atoms with van der Waals surface area (Å²) in [4.78, 5) is 50.5. The van der Waals surface area contributed by atoms with Gasteiger partial charge in [-0.2, -0.15) is 0 Å². The molecule has 0 saturated carbocycles. The Bertz CT molecular complexity index is 699. The molecule has 11 nitrogen and oxygen atoms in total. The second-order valence-electron chi connectivity index (χ2n) is 9.59. The summed E-state index contributed by atoms with van der Waals surface area (Å²) in [6, 6.07) is -1.08. The van der Waals surface area contributed by atoms with Crippen LogP contribution in [-0.2, 0) is 23.9 Å². The largest absolute Gasteiger partial charge is 0.444 e. The normalized spacial score (nSPS) is 24.7. The van der Waals surface area contributed by atoms with Gasteiger partial charge in [-0.15, -0.1) is 0 Å². The van der Waals surface area contributed by atoms with Crippen LogP contribution in [0.1, 0.15) is 68.2 Å². The molecule has 0 unspecified atom stereocenters. The number of alkyl carbamates (subject to hydrolysis) is 2. The molecule has 2 heterocycles. The minimum atomic E-state index is -0.579. The van der Waals surface area contributed by atoms with Crippen molar-refractivity contribution < 1.29 is 33.5 Å². The highest BCUT2D eigenvalue weighted by molar-refractivity contribution is 5.92. The zero-order valence-electron chi connectivity index (χ0n) is 20.5. The van der Waals surface area contributed by atoms with Crippen LogP contribution in [0.4, 0.5) is 9.59 Å². The van der Waals surface area contributed by atoms with Gasteiger partial charge < -0.3 is 25.4 Å². The maximum Gasteiger partial charge on any atom is 0.408 e. The smallest absolute Gasteiger partial charge is 0.408 e. The van der Waals surface area contributed by atoms with Crippen molar-refractivity contribution in [2.75, 3.05) is 7.11 Å². The van der Waals surface area contributed by atoms with Gasteiger partial charge in [0, 0.05) is 0 Å². The summed E-state index contributed by atoms with van der Waals surface area (Å²) in [7, 11) is 1.43. The van der Waals surface area contributed by atoms with E-state index in [1.807, 2.05) is 13.8 Å². The Balaban J connectivity index is 0.000000323. The fraction of sp³-hybridized carbons (Fsp3) is 0.810. The highest BCUT2D eigenvalue weighted by Crippen LogP contribution is 2.23. The molecule has 0 aromatic carbocycles. The lowest BCUT2D eigenvalue weighted by molar-refractivity contribution is -0.223. The quantitative estimate of drug-likeness (QED) is 0.535. The van der Waals surface area contributed by atoms with Gasteiger partial charge in [0.1, 0.15) is 23.3 Å². The summed E-state index contributed by atoms with van der Waals surface area (Å²) in [5.74, 6) is -0.391. The monoisotopic (exact) mass is 458 g/mol. The van der Waals surface area contributed by atoms with Crippen LogP contribution in [0.3, 0.4) is 0 Å². The molecule has 0 aliphatic carbocycles. The highest BCUT2D eigenvalue weighted by atomic mass is 16.7. The van der Waals surface area contributed by atoms with Crippen LogP contribution in [0, 0.1) is 0 Å². The number of β-lactam (4-membered cyclic amide) rings is 2. The Morgan fingerprint density at radius 2 is 1.38 bits per heavy atom. The van der Waals surface area contributed by atoms with Gasteiger partial charge in [0.05, 0.1) is 19.2 Å². The van der Waals surface area contributed by atoms with Crippen LogP contribution in [-0.4, -0.2) is 71.5 Å². The number of carbonyl (C=O) groups excluding carboxylic acids is 4. The van der Waals surface area contributed by atoms with Crippen molar-refractivity contribution in [1.82, 2.24) is 21.0 Å². The summed E-state index contributed by atoms with van der Waals surface area (Å²) >= 11 is 0. The van der Waals surface area contributed by atoms with E-state index in [1.165, 1.54) is 12.2 Å². The second-order valence-corrected chi connectivity index (χ2v) is 9.59. The predicted molar refractivity (Wildman–Crippen MR) is 116 cm³/mol. The first-order valence-electron chi connectivity index (χ1n) is 10.8. The maximum absolute atomic E-state index is 11.6. The van der Waals surface area contributed by atoms with Crippen molar-refractivity contribution in [3.05, 3.63) is 0 Å². The van der Waals surface area contributed by atoms with Crippen molar-refractivity contribution >= 4 is 24.0 Å². The molecule has 32 heavy (non-hydrogen) atoms. The number of nitrogens with zero attached hydrogens (tertiary/aromatic N) is 1. The Morgan fingerprint density at radius 1 is 0.906 bits per heavy atom. The zero-order chi connectivity index (χ0) is 24.9. The van der Waals surface area contributed by atoms with E-state index < -0.39 is 35.5 Å². The molecular formula is C21H38N4O7. The number of ether oxygens (including phenoxy) is 2. The zero-order valence-corrected chi connectivity index (χ0v) is 20.5. The molecule has 0 aromatic heterocycles. The molecule has 2 saturated heterocycles. The van der Waals surface area contributed by atoms with Crippen LogP contribution in [0.5, 0.6) is 0 Å². The Kier molecular flexibility index (Phi) is 9.31. The lowest BCUT2D eigenvalue weighted by Crippen LogP contribution is -2.70. The highest BCUT2D eigenvalue weighted by Gasteiger charge is 2.48. The molecule has 2 fully saturated rings. The summed E-state index contributed by atoms with van der Waals surface area (Å²) < 4.78 is 10.1. The van der Waals surface area contributed by atoms with E-state index in [1.54, 1.807) is 41.5 Å². The molecule has 0 bridgehead atoms. The van der Waals surface area contributed by atoms with Crippen molar-refractivity contribution in [3.8, 4) is 0 Å². The third-order valence-corrected chi connectivity index (χ3v) is 4.58. The van der Waals surface area contributed by atoms with Crippen molar-refractivity contribution in [1.29, 1.82) is 0 Å². The summed E-state index contributed by atoms with van der Waals surface area (Å²) in [5.41, 5.74) is -1.11. The predicted octanol–water partition coefficient (Wildman–Crippen LogP) is 1.85. The van der Waals surface area contributed by atoms with E-state index in [-0.39, 0.29) is 23.9 Å². The molecule has 11 heteroatoms. The first-order valence-corrected chi connectivity index (χ1v) is 10.8. The van der Waals surface area contributed by atoms with Crippen LogP contribution < -0.4 is 16.0 Å². The first kappa shape index (κ1) is 27.5. The third-order valence-electron chi connectivity index (χ3n) is 4.58. The molecule has 4 amide bonds.